The summed E-state index contributed by atoms with van der Waals surface area (Å²) in [6.07, 6.45) is 5.65. The number of nitrogens with two attached hydrogens (primary N) is 1. The first-order chi connectivity index (χ1) is 8.63. The van der Waals surface area contributed by atoms with Crippen LogP contribution in [0, 0.1) is 5.92 Å². The first-order valence-electron chi connectivity index (χ1n) is 6.20. The number of amidine groups is 1. The molecule has 0 radical (unpaired) electrons. The van der Waals surface area contributed by atoms with Gasteiger partial charge in [0.05, 0.1) is 12.4 Å². The van der Waals surface area contributed by atoms with E-state index in [1.165, 1.54) is 19.0 Å². The minimum Gasteiger partial charge on any atom is -0.409 e. The summed E-state index contributed by atoms with van der Waals surface area (Å²) in [5, 5.41) is 11.5. The van der Waals surface area contributed by atoms with E-state index in [0.717, 1.165) is 12.4 Å². The number of oxime groups is 1. The monoisotopic (exact) mass is 249 g/mol. The Morgan fingerprint density at radius 2 is 2.22 bits per heavy atom. The van der Waals surface area contributed by atoms with Gasteiger partial charge in [-0.1, -0.05) is 12.1 Å². The molecule has 2 rings (SSSR count). The zero-order chi connectivity index (χ0) is 13.1. The molecule has 0 aromatic carbocycles. The van der Waals surface area contributed by atoms with Crippen LogP contribution in [-0.4, -0.2) is 33.6 Å². The fourth-order valence-corrected chi connectivity index (χ4v) is 2.31. The molecule has 1 aromatic rings. The predicted molar refractivity (Wildman–Crippen MR) is 69.7 cm³/mol. The third-order valence-corrected chi connectivity index (χ3v) is 3.68. The summed E-state index contributed by atoms with van der Waals surface area (Å²) in [6.45, 7) is 5.47. The molecule has 0 spiro atoms. The average molecular weight is 249 g/mol. The van der Waals surface area contributed by atoms with E-state index in [1.807, 2.05) is 0 Å². The summed E-state index contributed by atoms with van der Waals surface area (Å²) in [4.78, 5) is 10.8. The van der Waals surface area contributed by atoms with Crippen LogP contribution in [0.25, 0.3) is 0 Å². The van der Waals surface area contributed by atoms with Gasteiger partial charge in [-0.05, 0) is 25.7 Å². The molecule has 2 unspecified atom stereocenters. The van der Waals surface area contributed by atoms with E-state index in [-0.39, 0.29) is 5.84 Å². The lowest BCUT2D eigenvalue weighted by Crippen LogP contribution is -2.43. The lowest BCUT2D eigenvalue weighted by atomic mass is 9.92. The van der Waals surface area contributed by atoms with Gasteiger partial charge in [-0.25, -0.2) is 9.97 Å². The topological polar surface area (TPSA) is 87.6 Å². The van der Waals surface area contributed by atoms with E-state index in [0.29, 0.717) is 17.7 Å². The fraction of sp³-hybridized carbons (Fsp3) is 0.583. The number of hydrogen-bond acceptors (Lipinski definition) is 5. The highest BCUT2D eigenvalue weighted by Gasteiger charge is 2.25. The van der Waals surface area contributed by atoms with Gasteiger partial charge < -0.3 is 15.8 Å². The van der Waals surface area contributed by atoms with Gasteiger partial charge in [-0.15, -0.1) is 0 Å². The Bertz CT molecular complexity index is 431. The number of rotatable bonds is 2. The molecule has 6 heteroatoms. The average Bonchev–Trinajstić information content (AvgIpc) is 2.41. The molecule has 18 heavy (non-hydrogen) atoms. The van der Waals surface area contributed by atoms with Gasteiger partial charge in [0.1, 0.15) is 11.5 Å². The Kier molecular flexibility index (Phi) is 3.64. The molecule has 3 N–H and O–H groups in total. The van der Waals surface area contributed by atoms with Gasteiger partial charge in [0, 0.05) is 12.6 Å². The van der Waals surface area contributed by atoms with Crippen LogP contribution < -0.4 is 10.6 Å². The van der Waals surface area contributed by atoms with Crippen molar-refractivity contribution in [3.05, 3.63) is 18.1 Å². The maximum Gasteiger partial charge on any atom is 0.190 e. The minimum absolute atomic E-state index is 0.0193. The maximum atomic E-state index is 8.57. The molecule has 2 atom stereocenters. The quantitative estimate of drug-likeness (QED) is 0.356. The molecule has 1 aliphatic heterocycles. The molecule has 1 fully saturated rings. The molecular weight excluding hydrogens is 230 g/mol. The molecule has 2 heterocycles. The van der Waals surface area contributed by atoms with Gasteiger partial charge in [0.25, 0.3) is 0 Å². The van der Waals surface area contributed by atoms with Crippen molar-refractivity contribution >= 4 is 11.7 Å². The smallest absolute Gasteiger partial charge is 0.190 e. The van der Waals surface area contributed by atoms with Crippen molar-refractivity contribution in [2.45, 2.75) is 32.7 Å². The molecule has 0 amide bonds. The van der Waals surface area contributed by atoms with Gasteiger partial charge in [-0.2, -0.15) is 0 Å². The molecule has 1 aliphatic rings. The van der Waals surface area contributed by atoms with Crippen molar-refractivity contribution in [2.75, 3.05) is 11.4 Å². The predicted octanol–water partition coefficient (Wildman–Crippen LogP) is 1.20. The van der Waals surface area contributed by atoms with E-state index >= 15 is 0 Å². The summed E-state index contributed by atoms with van der Waals surface area (Å²) in [5.41, 5.74) is 5.84. The Labute approximate surface area is 107 Å². The zero-order valence-corrected chi connectivity index (χ0v) is 10.7. The highest BCUT2D eigenvalue weighted by Crippen LogP contribution is 2.26. The summed E-state index contributed by atoms with van der Waals surface area (Å²) in [7, 11) is 0. The van der Waals surface area contributed by atoms with Crippen LogP contribution in [0.1, 0.15) is 32.4 Å². The molecule has 6 nitrogen and oxygen atoms in total. The van der Waals surface area contributed by atoms with Crippen LogP contribution in [0.5, 0.6) is 0 Å². The van der Waals surface area contributed by atoms with E-state index in [2.05, 4.69) is 33.9 Å². The second-order valence-electron chi connectivity index (χ2n) is 4.80. The second-order valence-corrected chi connectivity index (χ2v) is 4.80. The number of aromatic nitrogens is 2. The van der Waals surface area contributed by atoms with Crippen molar-refractivity contribution in [2.24, 2.45) is 16.8 Å². The highest BCUT2D eigenvalue weighted by molar-refractivity contribution is 5.94. The zero-order valence-electron chi connectivity index (χ0n) is 10.7. The molecule has 0 bridgehead atoms. The first-order valence-corrected chi connectivity index (χ1v) is 6.20. The lowest BCUT2D eigenvalue weighted by Gasteiger charge is -2.38. The van der Waals surface area contributed by atoms with Gasteiger partial charge in [0.15, 0.2) is 5.84 Å². The standard InChI is InChI=1S/C12H19N5O/c1-8-4-3-5-17(9(8)2)11-7-14-10(6-15-11)12(13)16-18/h6-9,18H,3-5H2,1-2H3,(H2,13,16). The van der Waals surface area contributed by atoms with E-state index in [1.54, 1.807) is 6.20 Å². The molecule has 1 saturated heterocycles. The third-order valence-electron chi connectivity index (χ3n) is 3.68. The van der Waals surface area contributed by atoms with Gasteiger partial charge >= 0.3 is 0 Å². The van der Waals surface area contributed by atoms with Crippen LogP contribution >= 0.6 is 0 Å². The second kappa shape index (κ2) is 5.20. The van der Waals surface area contributed by atoms with Crippen molar-refractivity contribution in [1.29, 1.82) is 0 Å². The van der Waals surface area contributed by atoms with Crippen LogP contribution in [0.2, 0.25) is 0 Å². The maximum absolute atomic E-state index is 8.57. The molecule has 0 saturated carbocycles. The molecule has 98 valence electrons. The van der Waals surface area contributed by atoms with Crippen LogP contribution in [0.4, 0.5) is 5.82 Å². The Balaban J connectivity index is 2.19. The molecular formula is C12H19N5O. The number of anilines is 1. The van der Waals surface area contributed by atoms with Crippen LogP contribution in [0.3, 0.4) is 0 Å². The SMILES string of the molecule is CC1CCCN(c2cnc(C(N)=NO)cn2)C1C. The normalized spacial score (nSPS) is 25.2. The van der Waals surface area contributed by atoms with Gasteiger partial charge in [0.2, 0.25) is 0 Å². The van der Waals surface area contributed by atoms with E-state index in [9.17, 15) is 0 Å². The summed E-state index contributed by atoms with van der Waals surface area (Å²) >= 11 is 0. The third kappa shape index (κ3) is 2.37. The Hall–Kier alpha value is -1.85. The van der Waals surface area contributed by atoms with E-state index < -0.39 is 0 Å². The first kappa shape index (κ1) is 12.6. The molecule has 1 aromatic heterocycles. The summed E-state index contributed by atoms with van der Waals surface area (Å²) in [6, 6.07) is 0.461. The van der Waals surface area contributed by atoms with Crippen molar-refractivity contribution < 1.29 is 5.21 Å². The number of hydrogen-bond donors (Lipinski definition) is 2. The van der Waals surface area contributed by atoms with Crippen LogP contribution in [0.15, 0.2) is 17.5 Å². The summed E-state index contributed by atoms with van der Waals surface area (Å²) < 4.78 is 0. The van der Waals surface area contributed by atoms with Crippen molar-refractivity contribution in [3.8, 4) is 0 Å². The fourth-order valence-electron chi connectivity index (χ4n) is 2.31. The number of nitrogens with zero attached hydrogens (tertiary/aromatic N) is 4. The molecule has 0 aliphatic carbocycles. The Morgan fingerprint density at radius 1 is 1.44 bits per heavy atom. The highest BCUT2D eigenvalue weighted by atomic mass is 16.4. The van der Waals surface area contributed by atoms with Gasteiger partial charge in [-0.3, -0.25) is 0 Å². The minimum atomic E-state index is -0.0193. The summed E-state index contributed by atoms with van der Waals surface area (Å²) in [5.74, 6) is 1.49. The van der Waals surface area contributed by atoms with Crippen molar-refractivity contribution in [3.63, 3.8) is 0 Å². The van der Waals surface area contributed by atoms with Crippen molar-refractivity contribution in [1.82, 2.24) is 9.97 Å². The number of piperidine rings is 1. The van der Waals surface area contributed by atoms with Crippen LogP contribution in [-0.2, 0) is 0 Å². The lowest BCUT2D eigenvalue weighted by molar-refractivity contribution is 0.318. The van der Waals surface area contributed by atoms with E-state index in [4.69, 9.17) is 10.9 Å². The largest absolute Gasteiger partial charge is 0.409 e. The Morgan fingerprint density at radius 3 is 2.83 bits per heavy atom.